The van der Waals surface area contributed by atoms with E-state index in [4.69, 9.17) is 0 Å². The maximum absolute atomic E-state index is 12.7. The van der Waals surface area contributed by atoms with E-state index in [0.717, 1.165) is 28.1 Å². The number of para-hydroxylation sites is 3. The molecule has 3 aromatic rings. The predicted molar refractivity (Wildman–Crippen MR) is 125 cm³/mol. The largest absolute Gasteiger partial charge is 0.346 e. The lowest BCUT2D eigenvalue weighted by Crippen LogP contribution is -2.34. The van der Waals surface area contributed by atoms with E-state index in [2.05, 4.69) is 20.6 Å². The van der Waals surface area contributed by atoms with Gasteiger partial charge in [0.2, 0.25) is 5.91 Å². The molecule has 9 heteroatoms. The second-order valence-corrected chi connectivity index (χ2v) is 8.58. The molecule has 0 bridgehead atoms. The lowest BCUT2D eigenvalue weighted by atomic mass is 10.1. The molecule has 4 amide bonds. The fourth-order valence-electron chi connectivity index (χ4n) is 3.74. The zero-order chi connectivity index (χ0) is 22.5. The number of carbonyl (C=O) groups excluding carboxylic acids is 3. The second-order valence-electron chi connectivity index (χ2n) is 7.59. The number of thioether (sulfide) groups is 1. The number of amides is 4. The minimum atomic E-state index is -0.718. The van der Waals surface area contributed by atoms with Crippen molar-refractivity contribution in [1.82, 2.24) is 20.6 Å². The van der Waals surface area contributed by atoms with E-state index in [9.17, 15) is 14.4 Å². The Hall–Kier alpha value is -3.33. The molecular formula is C23H25N5O3S. The number of anilines is 1. The van der Waals surface area contributed by atoms with E-state index in [1.807, 2.05) is 36.6 Å². The van der Waals surface area contributed by atoms with Gasteiger partial charge in [-0.3, -0.25) is 9.59 Å². The Morgan fingerprint density at radius 2 is 1.91 bits per heavy atom. The van der Waals surface area contributed by atoms with Gasteiger partial charge in [-0.25, -0.2) is 14.7 Å². The van der Waals surface area contributed by atoms with Crippen LogP contribution in [0.4, 0.5) is 10.5 Å². The highest BCUT2D eigenvalue weighted by atomic mass is 32.2. The molecule has 0 spiro atoms. The van der Waals surface area contributed by atoms with Crippen molar-refractivity contribution in [2.45, 2.75) is 31.3 Å². The Balaban J connectivity index is 1.38. The van der Waals surface area contributed by atoms with Crippen LogP contribution in [0.5, 0.6) is 0 Å². The summed E-state index contributed by atoms with van der Waals surface area (Å²) in [6.07, 6.45) is 3.10. The number of nitrogens with zero attached hydrogens (tertiary/aromatic N) is 2. The minimum Gasteiger partial charge on any atom is -0.346 e. The van der Waals surface area contributed by atoms with Crippen molar-refractivity contribution in [3.63, 3.8) is 0 Å². The summed E-state index contributed by atoms with van der Waals surface area (Å²) in [5.74, 6) is 1.06. The van der Waals surface area contributed by atoms with Gasteiger partial charge in [-0.05, 0) is 49.1 Å². The Kier molecular flexibility index (Phi) is 6.75. The second kappa shape index (κ2) is 9.86. The average molecular weight is 452 g/mol. The molecule has 1 aromatic heterocycles. The van der Waals surface area contributed by atoms with E-state index in [-0.39, 0.29) is 30.7 Å². The van der Waals surface area contributed by atoms with Gasteiger partial charge in [0.15, 0.2) is 0 Å². The first-order valence-electron chi connectivity index (χ1n) is 10.5. The SMILES string of the molecule is CSCC[C@H](NC(=O)CC[C@H]1NC(=O)N(c2ccccc2)C1=O)c1nc2ccccc2[nH]1. The molecule has 2 atom stereocenters. The first-order chi connectivity index (χ1) is 15.6. The number of carbonyl (C=O) groups is 3. The molecule has 8 nitrogen and oxygen atoms in total. The average Bonchev–Trinajstić information content (AvgIpc) is 3.36. The summed E-state index contributed by atoms with van der Waals surface area (Å²) in [4.78, 5) is 46.7. The number of hydrogen-bond acceptors (Lipinski definition) is 5. The summed E-state index contributed by atoms with van der Waals surface area (Å²) in [6.45, 7) is 0. The van der Waals surface area contributed by atoms with Gasteiger partial charge in [-0.1, -0.05) is 30.3 Å². The van der Waals surface area contributed by atoms with Gasteiger partial charge < -0.3 is 15.6 Å². The van der Waals surface area contributed by atoms with Crippen LogP contribution in [0.3, 0.4) is 0 Å². The van der Waals surface area contributed by atoms with Gasteiger partial charge in [-0.15, -0.1) is 0 Å². The summed E-state index contributed by atoms with van der Waals surface area (Å²) in [6, 6.07) is 15.1. The Labute approximate surface area is 190 Å². The molecule has 1 fully saturated rings. The first-order valence-corrected chi connectivity index (χ1v) is 11.9. The molecule has 0 unspecified atom stereocenters. The van der Waals surface area contributed by atoms with Gasteiger partial charge in [-0.2, -0.15) is 11.8 Å². The Morgan fingerprint density at radius 1 is 1.16 bits per heavy atom. The number of imidazole rings is 1. The standard InChI is InChI=1S/C23H25N5O3S/c1-32-14-13-18(21-25-16-9-5-6-10-17(16)26-21)24-20(29)12-11-19-22(30)28(23(31)27-19)15-7-3-2-4-8-15/h2-10,18-19H,11-14H2,1H3,(H,24,29)(H,25,26)(H,27,31)/t18-,19+/m0/s1. The van der Waals surface area contributed by atoms with Crippen LogP contribution in [0, 0.1) is 0 Å². The fourth-order valence-corrected chi connectivity index (χ4v) is 4.21. The van der Waals surface area contributed by atoms with Crippen LogP contribution in [0.15, 0.2) is 54.6 Å². The maximum Gasteiger partial charge on any atom is 0.329 e. The molecule has 1 aliphatic rings. The number of H-pyrrole nitrogens is 1. The Bertz CT molecular complexity index is 1080. The zero-order valence-corrected chi connectivity index (χ0v) is 18.5. The molecule has 32 heavy (non-hydrogen) atoms. The van der Waals surface area contributed by atoms with Crippen LogP contribution >= 0.6 is 11.8 Å². The number of imide groups is 1. The number of fused-ring (bicyclic) bond motifs is 1. The molecule has 1 saturated heterocycles. The number of rotatable bonds is 9. The van der Waals surface area contributed by atoms with E-state index in [1.165, 1.54) is 0 Å². The number of aromatic nitrogens is 2. The number of aromatic amines is 1. The van der Waals surface area contributed by atoms with Crippen molar-refractivity contribution in [1.29, 1.82) is 0 Å². The fraction of sp³-hybridized carbons (Fsp3) is 0.304. The normalized spacial score (nSPS) is 16.9. The molecule has 166 valence electrons. The number of nitrogens with one attached hydrogen (secondary N) is 3. The van der Waals surface area contributed by atoms with Gasteiger partial charge >= 0.3 is 6.03 Å². The third-order valence-electron chi connectivity index (χ3n) is 5.38. The van der Waals surface area contributed by atoms with E-state index < -0.39 is 12.1 Å². The zero-order valence-electron chi connectivity index (χ0n) is 17.7. The van der Waals surface area contributed by atoms with Crippen molar-refractivity contribution in [3.8, 4) is 0 Å². The van der Waals surface area contributed by atoms with Crippen molar-refractivity contribution in [2.75, 3.05) is 16.9 Å². The van der Waals surface area contributed by atoms with Crippen LogP contribution < -0.4 is 15.5 Å². The third kappa shape index (κ3) is 4.77. The topological polar surface area (TPSA) is 107 Å². The smallest absolute Gasteiger partial charge is 0.329 e. The summed E-state index contributed by atoms with van der Waals surface area (Å²) in [5.41, 5.74) is 2.29. The summed E-state index contributed by atoms with van der Waals surface area (Å²) >= 11 is 1.70. The molecule has 2 heterocycles. The van der Waals surface area contributed by atoms with Gasteiger partial charge in [0.1, 0.15) is 11.9 Å². The first kappa shape index (κ1) is 21.9. The van der Waals surface area contributed by atoms with E-state index in [0.29, 0.717) is 11.5 Å². The summed E-state index contributed by atoms with van der Waals surface area (Å²) in [7, 11) is 0. The molecule has 4 rings (SSSR count). The lowest BCUT2D eigenvalue weighted by Gasteiger charge is -2.17. The quantitative estimate of drug-likeness (QED) is 0.433. The van der Waals surface area contributed by atoms with Gasteiger partial charge in [0, 0.05) is 6.42 Å². The monoisotopic (exact) mass is 451 g/mol. The summed E-state index contributed by atoms with van der Waals surface area (Å²) < 4.78 is 0. The maximum atomic E-state index is 12.7. The van der Waals surface area contributed by atoms with Crippen LogP contribution in [-0.4, -0.2) is 45.9 Å². The van der Waals surface area contributed by atoms with Crippen LogP contribution in [0.2, 0.25) is 0 Å². The van der Waals surface area contributed by atoms with E-state index >= 15 is 0 Å². The molecule has 0 saturated carbocycles. The minimum absolute atomic E-state index is 0.120. The number of benzene rings is 2. The molecule has 0 aliphatic carbocycles. The molecule has 1 aliphatic heterocycles. The van der Waals surface area contributed by atoms with Crippen molar-refractivity contribution in [3.05, 3.63) is 60.4 Å². The van der Waals surface area contributed by atoms with Gasteiger partial charge in [0.05, 0.1) is 22.8 Å². The predicted octanol–water partition coefficient (Wildman–Crippen LogP) is 3.38. The highest BCUT2D eigenvalue weighted by Gasteiger charge is 2.38. The molecule has 0 radical (unpaired) electrons. The van der Waals surface area contributed by atoms with Crippen LogP contribution in [0.1, 0.15) is 31.1 Å². The highest BCUT2D eigenvalue weighted by Crippen LogP contribution is 2.22. The third-order valence-corrected chi connectivity index (χ3v) is 6.02. The highest BCUT2D eigenvalue weighted by molar-refractivity contribution is 7.98. The molecule has 3 N–H and O–H groups in total. The van der Waals surface area contributed by atoms with Crippen molar-refractivity contribution in [2.24, 2.45) is 0 Å². The van der Waals surface area contributed by atoms with E-state index in [1.54, 1.807) is 36.0 Å². The lowest BCUT2D eigenvalue weighted by molar-refractivity contribution is -0.122. The van der Waals surface area contributed by atoms with Gasteiger partial charge in [0.25, 0.3) is 5.91 Å². The summed E-state index contributed by atoms with van der Waals surface area (Å²) in [5, 5.41) is 5.72. The van der Waals surface area contributed by atoms with Crippen molar-refractivity contribution >= 4 is 46.3 Å². The molecular weight excluding hydrogens is 426 g/mol. The Morgan fingerprint density at radius 3 is 2.66 bits per heavy atom. The number of hydrogen-bond donors (Lipinski definition) is 3. The van der Waals surface area contributed by atoms with Crippen LogP contribution in [-0.2, 0) is 9.59 Å². The van der Waals surface area contributed by atoms with Crippen molar-refractivity contribution < 1.29 is 14.4 Å². The number of urea groups is 1. The molecule has 2 aromatic carbocycles. The van der Waals surface area contributed by atoms with Crippen LogP contribution in [0.25, 0.3) is 11.0 Å².